The van der Waals surface area contributed by atoms with Gasteiger partial charge in [-0.15, -0.1) is 0 Å². The fourth-order valence-electron chi connectivity index (χ4n) is 2.46. The molecule has 2 rings (SSSR count). The predicted octanol–water partition coefficient (Wildman–Crippen LogP) is 0.985. The van der Waals surface area contributed by atoms with E-state index in [0.29, 0.717) is 13.1 Å². The van der Waals surface area contributed by atoms with Gasteiger partial charge in [-0.2, -0.15) is 0 Å². The number of aliphatic hydroxyl groups excluding tert-OH is 1. The number of hydrogen-bond donors (Lipinski definition) is 1. The second kappa shape index (κ2) is 6.49. The van der Waals surface area contributed by atoms with E-state index in [4.69, 9.17) is 0 Å². The number of carbonyl (C=O) groups excluding carboxylic acids is 1. The van der Waals surface area contributed by atoms with Crippen LogP contribution in [0, 0.1) is 16.0 Å². The molecule has 1 aromatic heterocycles. The van der Waals surface area contributed by atoms with Gasteiger partial charge in [0, 0.05) is 32.0 Å². The lowest BCUT2D eigenvalue weighted by Crippen LogP contribution is -2.37. The van der Waals surface area contributed by atoms with Gasteiger partial charge < -0.3 is 14.7 Å². The first-order chi connectivity index (χ1) is 10.1. The standard InChI is InChI=1S/C13H17N3O5/c1-21-13(18)10-5-11(16(19)20)12(14-6-10)15-4-2-3-9(7-15)8-17/h5-6,9,17H,2-4,7-8H2,1H3. The molecule has 0 aromatic carbocycles. The van der Waals surface area contributed by atoms with Crippen molar-refractivity contribution in [1.82, 2.24) is 4.98 Å². The van der Waals surface area contributed by atoms with Crippen LogP contribution < -0.4 is 4.90 Å². The third kappa shape index (κ3) is 3.27. The molecular weight excluding hydrogens is 278 g/mol. The third-order valence-electron chi connectivity index (χ3n) is 3.54. The van der Waals surface area contributed by atoms with Gasteiger partial charge in [0.1, 0.15) is 0 Å². The zero-order valence-corrected chi connectivity index (χ0v) is 11.7. The molecule has 0 saturated carbocycles. The van der Waals surface area contributed by atoms with Crippen molar-refractivity contribution in [2.24, 2.45) is 5.92 Å². The number of nitrogens with zero attached hydrogens (tertiary/aromatic N) is 3. The number of anilines is 1. The Bertz CT molecular complexity index is 549. The predicted molar refractivity (Wildman–Crippen MR) is 74.3 cm³/mol. The smallest absolute Gasteiger partial charge is 0.339 e. The SMILES string of the molecule is COC(=O)c1cnc(N2CCCC(CO)C2)c([N+](=O)[O-])c1. The van der Waals surface area contributed by atoms with Crippen molar-refractivity contribution in [2.45, 2.75) is 12.8 Å². The van der Waals surface area contributed by atoms with Gasteiger partial charge >= 0.3 is 11.7 Å². The maximum Gasteiger partial charge on any atom is 0.339 e. The van der Waals surface area contributed by atoms with Crippen LogP contribution in [0.2, 0.25) is 0 Å². The van der Waals surface area contributed by atoms with E-state index in [9.17, 15) is 20.0 Å². The quantitative estimate of drug-likeness (QED) is 0.501. The van der Waals surface area contributed by atoms with Crippen LogP contribution in [0.25, 0.3) is 0 Å². The Labute approximate surface area is 121 Å². The zero-order chi connectivity index (χ0) is 15.4. The Kier molecular flexibility index (Phi) is 4.69. The molecular formula is C13H17N3O5. The molecule has 0 radical (unpaired) electrons. The summed E-state index contributed by atoms with van der Waals surface area (Å²) in [5, 5.41) is 20.5. The first-order valence-electron chi connectivity index (χ1n) is 6.65. The van der Waals surface area contributed by atoms with Crippen molar-refractivity contribution in [3.63, 3.8) is 0 Å². The van der Waals surface area contributed by atoms with E-state index < -0.39 is 10.9 Å². The normalized spacial score (nSPS) is 18.4. The average Bonchev–Trinajstić information content (AvgIpc) is 2.53. The summed E-state index contributed by atoms with van der Waals surface area (Å²) in [6.45, 7) is 1.20. The van der Waals surface area contributed by atoms with Gasteiger partial charge in [0.15, 0.2) is 0 Å². The first-order valence-corrected chi connectivity index (χ1v) is 6.65. The van der Waals surface area contributed by atoms with Gasteiger partial charge in [-0.25, -0.2) is 9.78 Å². The molecule has 8 heteroatoms. The van der Waals surface area contributed by atoms with Crippen molar-refractivity contribution in [1.29, 1.82) is 0 Å². The third-order valence-corrected chi connectivity index (χ3v) is 3.54. The second-order valence-corrected chi connectivity index (χ2v) is 4.95. The summed E-state index contributed by atoms with van der Waals surface area (Å²) in [5.41, 5.74) is -0.180. The Morgan fingerprint density at radius 1 is 1.67 bits per heavy atom. The Balaban J connectivity index is 2.34. The molecule has 0 aliphatic carbocycles. The summed E-state index contributed by atoms with van der Waals surface area (Å²) in [6, 6.07) is 1.18. The molecule has 1 aliphatic heterocycles. The van der Waals surface area contributed by atoms with Gasteiger partial charge in [0.05, 0.1) is 17.6 Å². The molecule has 1 saturated heterocycles. The molecule has 1 atom stereocenters. The maximum atomic E-state index is 11.4. The number of aromatic nitrogens is 1. The first kappa shape index (κ1) is 15.2. The molecule has 1 aliphatic rings. The van der Waals surface area contributed by atoms with Gasteiger partial charge in [-0.1, -0.05) is 0 Å². The molecule has 1 N–H and O–H groups in total. The van der Waals surface area contributed by atoms with Crippen LogP contribution in [-0.2, 0) is 4.74 Å². The lowest BCUT2D eigenvalue weighted by molar-refractivity contribution is -0.384. The number of pyridine rings is 1. The van der Waals surface area contributed by atoms with Crippen LogP contribution in [0.1, 0.15) is 23.2 Å². The molecule has 0 amide bonds. The highest BCUT2D eigenvalue weighted by Crippen LogP contribution is 2.30. The molecule has 1 aromatic rings. The highest BCUT2D eigenvalue weighted by molar-refractivity contribution is 5.90. The number of aliphatic hydroxyl groups is 1. The van der Waals surface area contributed by atoms with E-state index in [0.717, 1.165) is 12.8 Å². The minimum Gasteiger partial charge on any atom is -0.465 e. The van der Waals surface area contributed by atoms with E-state index in [2.05, 4.69) is 9.72 Å². The van der Waals surface area contributed by atoms with Crippen molar-refractivity contribution >= 4 is 17.5 Å². The highest BCUT2D eigenvalue weighted by Gasteiger charge is 2.27. The van der Waals surface area contributed by atoms with E-state index >= 15 is 0 Å². The Morgan fingerprint density at radius 3 is 3.05 bits per heavy atom. The van der Waals surface area contributed by atoms with Crippen molar-refractivity contribution < 1.29 is 19.6 Å². The Hall–Kier alpha value is -2.22. The molecule has 1 fully saturated rings. The Morgan fingerprint density at radius 2 is 2.43 bits per heavy atom. The van der Waals surface area contributed by atoms with E-state index in [1.165, 1.54) is 19.4 Å². The molecule has 114 valence electrons. The summed E-state index contributed by atoms with van der Waals surface area (Å²) in [5.74, 6) is -0.352. The van der Waals surface area contributed by atoms with E-state index in [1.54, 1.807) is 4.90 Å². The van der Waals surface area contributed by atoms with E-state index in [-0.39, 0.29) is 29.6 Å². The second-order valence-electron chi connectivity index (χ2n) is 4.95. The topological polar surface area (TPSA) is 106 Å². The van der Waals surface area contributed by atoms with Crippen molar-refractivity contribution in [3.8, 4) is 0 Å². The number of ether oxygens (including phenoxy) is 1. The summed E-state index contributed by atoms with van der Waals surface area (Å²) in [7, 11) is 1.21. The molecule has 21 heavy (non-hydrogen) atoms. The van der Waals surface area contributed by atoms with E-state index in [1.807, 2.05) is 0 Å². The number of carbonyl (C=O) groups is 1. The molecule has 0 bridgehead atoms. The van der Waals surface area contributed by atoms with Crippen LogP contribution >= 0.6 is 0 Å². The van der Waals surface area contributed by atoms with Gasteiger partial charge in [-0.05, 0) is 18.8 Å². The van der Waals surface area contributed by atoms with Gasteiger partial charge in [-0.3, -0.25) is 10.1 Å². The fourth-order valence-corrected chi connectivity index (χ4v) is 2.46. The van der Waals surface area contributed by atoms with Crippen LogP contribution in [-0.4, -0.2) is 47.8 Å². The van der Waals surface area contributed by atoms with Crippen molar-refractivity contribution in [3.05, 3.63) is 27.9 Å². The van der Waals surface area contributed by atoms with Crippen LogP contribution in [0.5, 0.6) is 0 Å². The number of methoxy groups -OCH3 is 1. The number of piperidine rings is 1. The van der Waals surface area contributed by atoms with Gasteiger partial charge in [0.25, 0.3) is 0 Å². The molecule has 8 nitrogen and oxygen atoms in total. The zero-order valence-electron chi connectivity index (χ0n) is 11.7. The maximum absolute atomic E-state index is 11.4. The highest BCUT2D eigenvalue weighted by atomic mass is 16.6. The monoisotopic (exact) mass is 295 g/mol. The van der Waals surface area contributed by atoms with Crippen molar-refractivity contribution in [2.75, 3.05) is 31.7 Å². The average molecular weight is 295 g/mol. The number of hydrogen-bond acceptors (Lipinski definition) is 7. The summed E-state index contributed by atoms with van der Waals surface area (Å²) < 4.78 is 4.54. The molecule has 0 spiro atoms. The number of esters is 1. The fraction of sp³-hybridized carbons (Fsp3) is 0.538. The summed E-state index contributed by atoms with van der Waals surface area (Å²) >= 11 is 0. The van der Waals surface area contributed by atoms with Crippen LogP contribution in [0.4, 0.5) is 11.5 Å². The number of rotatable bonds is 4. The van der Waals surface area contributed by atoms with Crippen LogP contribution in [0.3, 0.4) is 0 Å². The summed E-state index contributed by atoms with van der Waals surface area (Å²) in [4.78, 5) is 27.9. The minimum atomic E-state index is -0.663. The largest absolute Gasteiger partial charge is 0.465 e. The lowest BCUT2D eigenvalue weighted by atomic mass is 9.99. The lowest BCUT2D eigenvalue weighted by Gasteiger charge is -2.32. The molecule has 2 heterocycles. The minimum absolute atomic E-state index is 0.0451. The van der Waals surface area contributed by atoms with Gasteiger partial charge in [0.2, 0.25) is 5.82 Å². The summed E-state index contributed by atoms with van der Waals surface area (Å²) in [6.07, 6.45) is 3.00. The number of nitro groups is 1. The van der Waals surface area contributed by atoms with Crippen LogP contribution in [0.15, 0.2) is 12.3 Å². The molecule has 1 unspecified atom stereocenters.